The number of allylic oxidation sites excluding steroid dienone is 2. The molecule has 1 aliphatic carbocycles. The highest BCUT2D eigenvalue weighted by molar-refractivity contribution is 5.31. The zero-order valence-electron chi connectivity index (χ0n) is 15.3. The fraction of sp³-hybridized carbons (Fsp3) is 0.609. The molecule has 24 heavy (non-hydrogen) atoms. The Morgan fingerprint density at radius 2 is 1.79 bits per heavy atom. The molecule has 1 aromatic rings. The molecule has 0 heterocycles. The number of unbranched alkanes of at least 4 members (excludes halogenated alkanes) is 3. The molecule has 0 spiro atoms. The lowest BCUT2D eigenvalue weighted by molar-refractivity contribution is 0.288. The third-order valence-corrected chi connectivity index (χ3v) is 5.45. The van der Waals surface area contributed by atoms with Crippen LogP contribution < -0.4 is 0 Å². The Bertz CT molecular complexity index is 512. The van der Waals surface area contributed by atoms with E-state index in [-0.39, 0.29) is 0 Å². The van der Waals surface area contributed by atoms with E-state index in [1.54, 1.807) is 0 Å². The molecular weight excluding hydrogens is 290 g/mol. The summed E-state index contributed by atoms with van der Waals surface area (Å²) >= 11 is 0. The number of rotatable bonds is 9. The minimum atomic E-state index is 0.751. The molecule has 1 heteroatoms. The second-order valence-electron chi connectivity index (χ2n) is 7.41. The third-order valence-electron chi connectivity index (χ3n) is 5.45. The summed E-state index contributed by atoms with van der Waals surface area (Å²) in [5.74, 6) is 1.82. The van der Waals surface area contributed by atoms with Crippen molar-refractivity contribution in [2.75, 3.05) is 0 Å². The number of hydrogen-bond acceptors (Lipinski definition) is 1. The first kappa shape index (κ1) is 18.8. The van der Waals surface area contributed by atoms with Gasteiger partial charge in [0.1, 0.15) is 0 Å². The van der Waals surface area contributed by atoms with Gasteiger partial charge in [-0.3, -0.25) is 0 Å². The molecule has 0 N–H and O–H groups in total. The standard InChI is InChI=1S/C23H33N/c1-2-3-4-5-8-20-11-13-21(14-12-20)9-6-7-10-22-15-17-23(19-24)18-16-22/h6,9,15-18,20-21H,2-5,7-8,10-14H2,1H3/b9-6+. The molecule has 0 unspecified atom stereocenters. The van der Waals surface area contributed by atoms with Crippen LogP contribution in [0.2, 0.25) is 0 Å². The van der Waals surface area contributed by atoms with Gasteiger partial charge in [0, 0.05) is 0 Å². The first-order chi connectivity index (χ1) is 11.8. The maximum atomic E-state index is 8.82. The molecule has 2 rings (SSSR count). The maximum Gasteiger partial charge on any atom is 0.0991 e. The van der Waals surface area contributed by atoms with Crippen molar-refractivity contribution in [2.45, 2.75) is 77.6 Å². The van der Waals surface area contributed by atoms with Crippen LogP contribution in [0.5, 0.6) is 0 Å². The van der Waals surface area contributed by atoms with Crippen molar-refractivity contribution in [1.29, 1.82) is 5.26 Å². The Morgan fingerprint density at radius 1 is 1.04 bits per heavy atom. The van der Waals surface area contributed by atoms with E-state index in [4.69, 9.17) is 5.26 Å². The lowest BCUT2D eigenvalue weighted by Crippen LogP contribution is -2.13. The van der Waals surface area contributed by atoms with Crippen LogP contribution in [0.1, 0.15) is 82.3 Å². The highest BCUT2D eigenvalue weighted by Gasteiger charge is 2.18. The van der Waals surface area contributed by atoms with Crippen molar-refractivity contribution in [1.82, 2.24) is 0 Å². The van der Waals surface area contributed by atoms with Gasteiger partial charge in [-0.2, -0.15) is 5.26 Å². The van der Waals surface area contributed by atoms with Crippen LogP contribution in [-0.4, -0.2) is 0 Å². The van der Waals surface area contributed by atoms with Crippen molar-refractivity contribution in [3.8, 4) is 6.07 Å². The summed E-state index contributed by atoms with van der Waals surface area (Å²) in [5.41, 5.74) is 2.08. The van der Waals surface area contributed by atoms with Crippen LogP contribution in [0.25, 0.3) is 0 Å². The van der Waals surface area contributed by atoms with E-state index < -0.39 is 0 Å². The predicted molar refractivity (Wildman–Crippen MR) is 103 cm³/mol. The molecule has 0 aliphatic heterocycles. The fourth-order valence-corrected chi connectivity index (χ4v) is 3.81. The molecule has 0 radical (unpaired) electrons. The molecule has 0 atom stereocenters. The number of nitrogens with zero attached hydrogens (tertiary/aromatic N) is 1. The van der Waals surface area contributed by atoms with Crippen molar-refractivity contribution < 1.29 is 0 Å². The van der Waals surface area contributed by atoms with E-state index in [0.717, 1.165) is 30.2 Å². The van der Waals surface area contributed by atoms with Crippen molar-refractivity contribution in [3.05, 3.63) is 47.5 Å². The molecule has 1 saturated carbocycles. The number of hydrogen-bond donors (Lipinski definition) is 0. The molecule has 0 saturated heterocycles. The molecule has 1 aliphatic rings. The van der Waals surface area contributed by atoms with E-state index in [0.29, 0.717) is 0 Å². The largest absolute Gasteiger partial charge is 0.192 e. The Kier molecular flexibility index (Phi) is 8.67. The first-order valence-electron chi connectivity index (χ1n) is 9.97. The second-order valence-corrected chi connectivity index (χ2v) is 7.41. The van der Waals surface area contributed by atoms with Gasteiger partial charge in [-0.25, -0.2) is 0 Å². The van der Waals surface area contributed by atoms with Gasteiger partial charge >= 0.3 is 0 Å². The first-order valence-corrected chi connectivity index (χ1v) is 9.97. The van der Waals surface area contributed by atoms with Gasteiger partial charge in [0.25, 0.3) is 0 Å². The third kappa shape index (κ3) is 6.91. The SMILES string of the molecule is CCCCCCC1CCC(/C=C/CCc2ccc(C#N)cc2)CC1. The quantitative estimate of drug-likeness (QED) is 0.361. The predicted octanol–water partition coefficient (Wildman–Crippen LogP) is 6.82. The van der Waals surface area contributed by atoms with Crippen LogP contribution in [-0.2, 0) is 6.42 Å². The normalized spacial score (nSPS) is 21.0. The minimum absolute atomic E-state index is 0.751. The topological polar surface area (TPSA) is 23.8 Å². The van der Waals surface area contributed by atoms with Crippen LogP contribution in [0.15, 0.2) is 36.4 Å². The average molecular weight is 324 g/mol. The fourth-order valence-electron chi connectivity index (χ4n) is 3.81. The van der Waals surface area contributed by atoms with Gasteiger partial charge in [-0.15, -0.1) is 0 Å². The smallest absolute Gasteiger partial charge is 0.0991 e. The van der Waals surface area contributed by atoms with Crippen LogP contribution in [0.3, 0.4) is 0 Å². The van der Waals surface area contributed by atoms with Gasteiger partial charge in [0.15, 0.2) is 0 Å². The molecule has 130 valence electrons. The van der Waals surface area contributed by atoms with Gasteiger partial charge in [0.2, 0.25) is 0 Å². The molecule has 0 bridgehead atoms. The highest BCUT2D eigenvalue weighted by Crippen LogP contribution is 2.32. The van der Waals surface area contributed by atoms with Crippen LogP contribution in [0.4, 0.5) is 0 Å². The molecule has 1 fully saturated rings. The summed E-state index contributed by atoms with van der Waals surface area (Å²) in [7, 11) is 0. The molecule has 1 aromatic carbocycles. The molecule has 1 nitrogen and oxygen atoms in total. The van der Waals surface area contributed by atoms with Gasteiger partial charge in [-0.1, -0.05) is 63.3 Å². The summed E-state index contributed by atoms with van der Waals surface area (Å²) in [4.78, 5) is 0. The summed E-state index contributed by atoms with van der Waals surface area (Å²) < 4.78 is 0. The van der Waals surface area contributed by atoms with E-state index in [9.17, 15) is 0 Å². The summed E-state index contributed by atoms with van der Waals surface area (Å²) in [6.07, 6.45) is 19.8. The zero-order valence-corrected chi connectivity index (χ0v) is 15.3. The maximum absolute atomic E-state index is 8.82. The van der Waals surface area contributed by atoms with E-state index in [1.807, 2.05) is 12.1 Å². The Labute approximate surface area is 148 Å². The monoisotopic (exact) mass is 323 g/mol. The van der Waals surface area contributed by atoms with E-state index in [2.05, 4.69) is 37.3 Å². The van der Waals surface area contributed by atoms with E-state index in [1.165, 1.54) is 63.4 Å². The second kappa shape index (κ2) is 11.1. The molecule has 0 aromatic heterocycles. The van der Waals surface area contributed by atoms with Crippen molar-refractivity contribution >= 4 is 0 Å². The van der Waals surface area contributed by atoms with Gasteiger partial charge in [-0.05, 0) is 68.1 Å². The van der Waals surface area contributed by atoms with Crippen LogP contribution >= 0.6 is 0 Å². The number of benzene rings is 1. The minimum Gasteiger partial charge on any atom is -0.192 e. The Morgan fingerprint density at radius 3 is 2.46 bits per heavy atom. The Balaban J connectivity index is 1.59. The van der Waals surface area contributed by atoms with Gasteiger partial charge < -0.3 is 0 Å². The number of aryl methyl sites for hydroxylation is 1. The van der Waals surface area contributed by atoms with Crippen molar-refractivity contribution in [2.24, 2.45) is 11.8 Å². The van der Waals surface area contributed by atoms with E-state index >= 15 is 0 Å². The summed E-state index contributed by atoms with van der Waals surface area (Å²) in [6.45, 7) is 2.29. The lowest BCUT2D eigenvalue weighted by Gasteiger charge is -2.26. The Hall–Kier alpha value is -1.55. The molecular formula is C23H33N. The lowest BCUT2D eigenvalue weighted by atomic mass is 9.79. The highest BCUT2D eigenvalue weighted by atomic mass is 14.2. The summed E-state index contributed by atoms with van der Waals surface area (Å²) in [5, 5.41) is 8.82. The average Bonchev–Trinajstić information content (AvgIpc) is 2.64. The van der Waals surface area contributed by atoms with Crippen molar-refractivity contribution in [3.63, 3.8) is 0 Å². The molecule has 0 amide bonds. The number of nitriles is 1. The zero-order chi connectivity index (χ0) is 17.0. The summed E-state index contributed by atoms with van der Waals surface area (Å²) in [6, 6.07) is 10.2. The van der Waals surface area contributed by atoms with Gasteiger partial charge in [0.05, 0.1) is 11.6 Å². The van der Waals surface area contributed by atoms with Crippen LogP contribution in [0, 0.1) is 23.2 Å².